The minimum atomic E-state index is -0.742. The van der Waals surface area contributed by atoms with Crippen LogP contribution in [0.1, 0.15) is 51.4 Å². The monoisotopic (exact) mass is 227 g/mol. The van der Waals surface area contributed by atoms with Crippen molar-refractivity contribution in [1.82, 2.24) is 5.32 Å². The topological polar surface area (TPSA) is 66.4 Å². The van der Waals surface area contributed by atoms with Crippen LogP contribution < -0.4 is 5.32 Å². The van der Waals surface area contributed by atoms with Gasteiger partial charge in [-0.3, -0.25) is 9.59 Å². The van der Waals surface area contributed by atoms with Gasteiger partial charge in [-0.1, -0.05) is 12.8 Å². The molecule has 0 aliphatic heterocycles. The summed E-state index contributed by atoms with van der Waals surface area (Å²) < 4.78 is 0. The van der Waals surface area contributed by atoms with Crippen molar-refractivity contribution in [2.24, 2.45) is 5.92 Å². The van der Waals surface area contributed by atoms with Gasteiger partial charge in [0.05, 0.1) is 0 Å². The maximum Gasteiger partial charge on any atom is 0.303 e. The van der Waals surface area contributed by atoms with Crippen LogP contribution in [0, 0.1) is 5.92 Å². The highest BCUT2D eigenvalue weighted by Gasteiger charge is 2.20. The third kappa shape index (κ3) is 5.73. The van der Waals surface area contributed by atoms with E-state index in [9.17, 15) is 9.59 Å². The third-order valence-corrected chi connectivity index (χ3v) is 3.09. The third-order valence-electron chi connectivity index (χ3n) is 3.09. The maximum atomic E-state index is 11.4. The number of hydrogen-bond acceptors (Lipinski definition) is 2. The van der Waals surface area contributed by atoms with Crippen LogP contribution in [0.25, 0.3) is 0 Å². The Kier molecular flexibility index (Phi) is 5.90. The number of amides is 1. The van der Waals surface area contributed by atoms with Crippen LogP contribution in [0.2, 0.25) is 0 Å². The Morgan fingerprint density at radius 3 is 2.50 bits per heavy atom. The van der Waals surface area contributed by atoms with Gasteiger partial charge in [-0.15, -0.1) is 0 Å². The molecule has 1 amide bonds. The predicted octanol–water partition coefficient (Wildman–Crippen LogP) is 1.94. The van der Waals surface area contributed by atoms with Crippen LogP contribution in [-0.2, 0) is 9.59 Å². The molecule has 92 valence electrons. The molecule has 1 aliphatic rings. The fourth-order valence-corrected chi connectivity index (χ4v) is 1.84. The minimum absolute atomic E-state index is 0.155. The van der Waals surface area contributed by atoms with E-state index in [2.05, 4.69) is 5.32 Å². The zero-order valence-electron chi connectivity index (χ0n) is 9.71. The lowest BCUT2D eigenvalue weighted by Gasteiger charge is -2.24. The van der Waals surface area contributed by atoms with Gasteiger partial charge in [0.25, 0.3) is 0 Å². The molecular weight excluding hydrogens is 206 g/mol. The lowest BCUT2D eigenvalue weighted by molar-refractivity contribution is -0.137. The van der Waals surface area contributed by atoms with Gasteiger partial charge in [0.1, 0.15) is 0 Å². The fraction of sp³-hybridized carbons (Fsp3) is 0.833. The molecule has 0 aromatic heterocycles. The van der Waals surface area contributed by atoms with E-state index < -0.39 is 5.97 Å². The number of aliphatic carboxylic acids is 1. The van der Waals surface area contributed by atoms with Gasteiger partial charge >= 0.3 is 5.97 Å². The van der Waals surface area contributed by atoms with Crippen LogP contribution in [-0.4, -0.2) is 23.5 Å². The molecule has 1 rings (SSSR count). The van der Waals surface area contributed by atoms with Gasteiger partial charge < -0.3 is 10.4 Å². The Labute approximate surface area is 96.4 Å². The molecule has 0 heterocycles. The van der Waals surface area contributed by atoms with E-state index in [1.807, 2.05) is 0 Å². The molecule has 1 saturated carbocycles. The van der Waals surface area contributed by atoms with Crippen molar-refractivity contribution in [2.75, 3.05) is 6.54 Å². The molecule has 16 heavy (non-hydrogen) atoms. The van der Waals surface area contributed by atoms with E-state index in [0.717, 1.165) is 12.8 Å². The summed E-state index contributed by atoms with van der Waals surface area (Å²) in [5.41, 5.74) is 0. The molecule has 1 fully saturated rings. The highest BCUT2D eigenvalue weighted by atomic mass is 16.4. The smallest absolute Gasteiger partial charge is 0.303 e. The summed E-state index contributed by atoms with van der Waals surface area (Å²) >= 11 is 0. The zero-order valence-corrected chi connectivity index (χ0v) is 9.71. The van der Waals surface area contributed by atoms with Crippen molar-refractivity contribution in [1.29, 1.82) is 0 Å². The Morgan fingerprint density at radius 1 is 1.19 bits per heavy atom. The standard InChI is InChI=1S/C12H21NO3/c14-11(9-10-5-4-6-10)13-8-3-1-2-7-12(15)16/h10H,1-9H2,(H,13,14)(H,15,16). The van der Waals surface area contributed by atoms with Crippen LogP contribution >= 0.6 is 0 Å². The van der Waals surface area contributed by atoms with E-state index in [0.29, 0.717) is 25.3 Å². The van der Waals surface area contributed by atoms with Crippen molar-refractivity contribution in [3.05, 3.63) is 0 Å². The molecule has 0 atom stereocenters. The van der Waals surface area contributed by atoms with E-state index in [1.54, 1.807) is 0 Å². The van der Waals surface area contributed by atoms with E-state index in [1.165, 1.54) is 19.3 Å². The van der Waals surface area contributed by atoms with Gasteiger partial charge in [-0.2, -0.15) is 0 Å². The molecule has 0 aromatic rings. The first-order valence-corrected chi connectivity index (χ1v) is 6.17. The molecular formula is C12H21NO3. The van der Waals surface area contributed by atoms with Crippen LogP contribution in [0.15, 0.2) is 0 Å². The Balaban J connectivity index is 1.86. The van der Waals surface area contributed by atoms with Crippen molar-refractivity contribution in [3.63, 3.8) is 0 Å². The summed E-state index contributed by atoms with van der Waals surface area (Å²) in [5.74, 6) is 0.0314. The Hall–Kier alpha value is -1.06. The lowest BCUT2D eigenvalue weighted by atomic mass is 9.83. The molecule has 2 N–H and O–H groups in total. The van der Waals surface area contributed by atoms with Crippen LogP contribution in [0.3, 0.4) is 0 Å². The largest absolute Gasteiger partial charge is 0.481 e. The molecule has 0 bridgehead atoms. The second-order valence-corrected chi connectivity index (χ2v) is 4.56. The first-order valence-electron chi connectivity index (χ1n) is 6.17. The van der Waals surface area contributed by atoms with Gasteiger partial charge in [-0.05, 0) is 31.6 Å². The second kappa shape index (κ2) is 7.25. The summed E-state index contributed by atoms with van der Waals surface area (Å²) in [7, 11) is 0. The number of rotatable bonds is 8. The number of unbranched alkanes of at least 4 members (excludes halogenated alkanes) is 2. The highest BCUT2D eigenvalue weighted by molar-refractivity contribution is 5.76. The number of nitrogens with one attached hydrogen (secondary N) is 1. The first-order chi connectivity index (χ1) is 7.68. The average Bonchev–Trinajstić information content (AvgIpc) is 2.17. The summed E-state index contributed by atoms with van der Waals surface area (Å²) in [5, 5.41) is 11.3. The van der Waals surface area contributed by atoms with Crippen LogP contribution in [0.4, 0.5) is 0 Å². The normalized spacial score (nSPS) is 15.5. The van der Waals surface area contributed by atoms with Gasteiger partial charge in [0.2, 0.25) is 5.91 Å². The molecule has 0 aromatic carbocycles. The highest BCUT2D eigenvalue weighted by Crippen LogP contribution is 2.28. The van der Waals surface area contributed by atoms with Gasteiger partial charge in [-0.25, -0.2) is 0 Å². The zero-order chi connectivity index (χ0) is 11.8. The quantitative estimate of drug-likeness (QED) is 0.623. The van der Waals surface area contributed by atoms with Crippen LogP contribution in [0.5, 0.6) is 0 Å². The Bertz CT molecular complexity index is 236. The first kappa shape index (κ1) is 13.0. The van der Waals surface area contributed by atoms with Crippen molar-refractivity contribution in [2.45, 2.75) is 51.4 Å². The number of hydrogen-bond donors (Lipinski definition) is 2. The molecule has 0 saturated heterocycles. The minimum Gasteiger partial charge on any atom is -0.481 e. The second-order valence-electron chi connectivity index (χ2n) is 4.56. The summed E-state index contributed by atoms with van der Waals surface area (Å²) in [6.07, 6.45) is 7.03. The molecule has 0 unspecified atom stereocenters. The fourth-order valence-electron chi connectivity index (χ4n) is 1.84. The van der Waals surface area contributed by atoms with E-state index >= 15 is 0 Å². The SMILES string of the molecule is O=C(O)CCCCCNC(=O)CC1CCC1. The lowest BCUT2D eigenvalue weighted by Crippen LogP contribution is -2.28. The molecule has 4 nitrogen and oxygen atoms in total. The van der Waals surface area contributed by atoms with Crippen molar-refractivity contribution < 1.29 is 14.7 Å². The van der Waals surface area contributed by atoms with E-state index in [-0.39, 0.29) is 12.3 Å². The Morgan fingerprint density at radius 2 is 1.94 bits per heavy atom. The maximum absolute atomic E-state index is 11.4. The number of carboxylic acids is 1. The molecule has 0 radical (unpaired) electrons. The number of carboxylic acid groups (broad SMARTS) is 1. The summed E-state index contributed by atoms with van der Waals surface area (Å²) in [6, 6.07) is 0. The van der Waals surface area contributed by atoms with Gasteiger partial charge in [0.15, 0.2) is 0 Å². The predicted molar refractivity (Wildman–Crippen MR) is 61.1 cm³/mol. The number of carbonyl (C=O) groups is 2. The van der Waals surface area contributed by atoms with Gasteiger partial charge in [0, 0.05) is 19.4 Å². The number of carbonyl (C=O) groups excluding carboxylic acids is 1. The average molecular weight is 227 g/mol. The summed E-state index contributed by atoms with van der Waals surface area (Å²) in [4.78, 5) is 21.6. The van der Waals surface area contributed by atoms with Crippen molar-refractivity contribution >= 4 is 11.9 Å². The van der Waals surface area contributed by atoms with Crippen molar-refractivity contribution in [3.8, 4) is 0 Å². The molecule has 4 heteroatoms. The molecule has 1 aliphatic carbocycles. The van der Waals surface area contributed by atoms with E-state index in [4.69, 9.17) is 5.11 Å². The summed E-state index contributed by atoms with van der Waals surface area (Å²) in [6.45, 7) is 0.686. The molecule has 0 spiro atoms.